The summed E-state index contributed by atoms with van der Waals surface area (Å²) >= 11 is 0. The minimum Gasteiger partial charge on any atom is -0.455 e. The van der Waals surface area contributed by atoms with Crippen molar-refractivity contribution >= 4 is 21.9 Å². The molecule has 0 aliphatic carbocycles. The number of hydrogen-bond donors (Lipinski definition) is 0. The van der Waals surface area contributed by atoms with Crippen LogP contribution in [0.5, 0.6) is 0 Å². The Morgan fingerprint density at radius 1 is 0.378 bits per heavy atom. The summed E-state index contributed by atoms with van der Waals surface area (Å²) in [5, 5.41) is 2.24. The van der Waals surface area contributed by atoms with Gasteiger partial charge in [0.2, 0.25) is 0 Å². The highest BCUT2D eigenvalue weighted by atomic mass is 16.3. The van der Waals surface area contributed by atoms with E-state index in [4.69, 9.17) is 4.42 Å². The number of aromatic nitrogens is 2. The van der Waals surface area contributed by atoms with Gasteiger partial charge in [0.05, 0.1) is 0 Å². The first-order valence-corrected chi connectivity index (χ1v) is 12.3. The number of furan rings is 1. The van der Waals surface area contributed by atoms with Crippen LogP contribution in [-0.4, -0.2) is 9.97 Å². The van der Waals surface area contributed by atoms with Gasteiger partial charge in [-0.05, 0) is 75.8 Å². The summed E-state index contributed by atoms with van der Waals surface area (Å²) in [5.41, 5.74) is 10.7. The number of benzene rings is 4. The van der Waals surface area contributed by atoms with E-state index < -0.39 is 0 Å². The molecule has 37 heavy (non-hydrogen) atoms. The molecule has 7 rings (SSSR count). The Kier molecular flexibility index (Phi) is 5.11. The third-order valence-electron chi connectivity index (χ3n) is 6.88. The molecule has 3 aromatic heterocycles. The first-order valence-electron chi connectivity index (χ1n) is 12.3. The Labute approximate surface area is 214 Å². The number of pyridine rings is 2. The van der Waals surface area contributed by atoms with Gasteiger partial charge in [-0.2, -0.15) is 0 Å². The molecule has 0 saturated carbocycles. The van der Waals surface area contributed by atoms with Gasteiger partial charge in [-0.1, -0.05) is 66.7 Å². The maximum absolute atomic E-state index is 6.69. The average molecular weight is 475 g/mol. The molecule has 0 amide bonds. The van der Waals surface area contributed by atoms with Crippen LogP contribution in [0.2, 0.25) is 0 Å². The first kappa shape index (κ1) is 21.3. The molecular weight excluding hydrogens is 452 g/mol. The third-order valence-corrected chi connectivity index (χ3v) is 6.88. The van der Waals surface area contributed by atoms with Crippen LogP contribution in [-0.2, 0) is 0 Å². The van der Waals surface area contributed by atoms with Crippen LogP contribution >= 0.6 is 0 Å². The SMILES string of the molecule is c1ccc(-c2cccc3c2oc2c(-c4cc(-c5ccncc5)cc(-c5ccncc5)c4)cccc23)cc1. The maximum Gasteiger partial charge on any atom is 0.143 e. The second-order valence-corrected chi connectivity index (χ2v) is 9.10. The topological polar surface area (TPSA) is 38.9 Å². The molecule has 0 spiro atoms. The lowest BCUT2D eigenvalue weighted by molar-refractivity contribution is 0.671. The van der Waals surface area contributed by atoms with E-state index >= 15 is 0 Å². The van der Waals surface area contributed by atoms with Gasteiger partial charge in [-0.25, -0.2) is 0 Å². The van der Waals surface area contributed by atoms with E-state index in [-0.39, 0.29) is 0 Å². The quantitative estimate of drug-likeness (QED) is 0.255. The summed E-state index contributed by atoms with van der Waals surface area (Å²) in [6, 6.07) is 38.1. The van der Waals surface area contributed by atoms with Crippen molar-refractivity contribution < 1.29 is 4.42 Å². The molecule has 4 aromatic carbocycles. The molecule has 0 unspecified atom stereocenters. The Hall–Kier alpha value is -5.02. The lowest BCUT2D eigenvalue weighted by Crippen LogP contribution is -1.87. The minimum atomic E-state index is 0.897. The van der Waals surface area contributed by atoms with Crippen molar-refractivity contribution in [1.82, 2.24) is 9.97 Å². The molecule has 3 heterocycles. The van der Waals surface area contributed by atoms with E-state index in [1.807, 2.05) is 55.1 Å². The Morgan fingerprint density at radius 3 is 1.41 bits per heavy atom. The fourth-order valence-corrected chi connectivity index (χ4v) is 5.10. The fourth-order valence-electron chi connectivity index (χ4n) is 5.10. The molecule has 0 saturated heterocycles. The number of hydrogen-bond acceptors (Lipinski definition) is 3. The first-order chi connectivity index (χ1) is 18.3. The van der Waals surface area contributed by atoms with Crippen molar-refractivity contribution in [2.75, 3.05) is 0 Å². The van der Waals surface area contributed by atoms with E-state index in [0.717, 1.165) is 66.4 Å². The number of fused-ring (bicyclic) bond motifs is 3. The second-order valence-electron chi connectivity index (χ2n) is 9.10. The Bertz CT molecular complexity index is 1800. The van der Waals surface area contributed by atoms with Crippen LogP contribution in [0.3, 0.4) is 0 Å². The van der Waals surface area contributed by atoms with Crippen LogP contribution in [0, 0.1) is 0 Å². The van der Waals surface area contributed by atoms with Gasteiger partial charge in [0.25, 0.3) is 0 Å². The number of para-hydroxylation sites is 2. The molecule has 0 radical (unpaired) electrons. The van der Waals surface area contributed by atoms with Gasteiger partial charge in [0.15, 0.2) is 0 Å². The van der Waals surface area contributed by atoms with Crippen molar-refractivity contribution in [3.63, 3.8) is 0 Å². The van der Waals surface area contributed by atoms with Gasteiger partial charge in [0, 0.05) is 46.7 Å². The molecule has 3 heteroatoms. The summed E-state index contributed by atoms with van der Waals surface area (Å²) in [6.45, 7) is 0. The molecule has 0 bridgehead atoms. The zero-order chi connectivity index (χ0) is 24.6. The van der Waals surface area contributed by atoms with Crippen molar-refractivity contribution in [2.24, 2.45) is 0 Å². The molecule has 0 N–H and O–H groups in total. The van der Waals surface area contributed by atoms with Gasteiger partial charge in [-0.3, -0.25) is 9.97 Å². The number of nitrogens with zero attached hydrogens (tertiary/aromatic N) is 2. The van der Waals surface area contributed by atoms with Gasteiger partial charge in [-0.15, -0.1) is 0 Å². The second kappa shape index (κ2) is 8.89. The van der Waals surface area contributed by atoms with E-state index in [9.17, 15) is 0 Å². The van der Waals surface area contributed by atoms with Gasteiger partial charge < -0.3 is 4.42 Å². The monoisotopic (exact) mass is 474 g/mol. The fraction of sp³-hybridized carbons (Fsp3) is 0. The highest BCUT2D eigenvalue weighted by Gasteiger charge is 2.16. The minimum absolute atomic E-state index is 0.897. The third kappa shape index (κ3) is 3.78. The molecule has 0 atom stereocenters. The Morgan fingerprint density at radius 2 is 0.865 bits per heavy atom. The van der Waals surface area contributed by atoms with E-state index in [1.54, 1.807) is 0 Å². The highest BCUT2D eigenvalue weighted by Crippen LogP contribution is 2.41. The zero-order valence-electron chi connectivity index (χ0n) is 20.0. The Balaban J connectivity index is 1.49. The standard InChI is InChI=1S/C34H22N2O/c1-2-6-25(7-3-1)29-8-4-10-31-32-11-5-9-30(34(32)37-33(29)31)28-21-26(23-12-16-35-17-13-23)20-27(22-28)24-14-18-36-19-15-24/h1-22H. The lowest BCUT2D eigenvalue weighted by atomic mass is 9.93. The maximum atomic E-state index is 6.69. The van der Waals surface area contributed by atoms with Crippen LogP contribution in [0.1, 0.15) is 0 Å². The summed E-state index contributed by atoms with van der Waals surface area (Å²) in [4.78, 5) is 8.41. The van der Waals surface area contributed by atoms with E-state index in [0.29, 0.717) is 0 Å². The molecule has 0 fully saturated rings. The van der Waals surface area contributed by atoms with E-state index in [1.165, 1.54) is 0 Å². The molecule has 0 aliphatic rings. The zero-order valence-corrected chi connectivity index (χ0v) is 20.0. The molecule has 0 aliphatic heterocycles. The lowest BCUT2D eigenvalue weighted by Gasteiger charge is -2.11. The van der Waals surface area contributed by atoms with Crippen molar-refractivity contribution in [2.45, 2.75) is 0 Å². The summed E-state index contributed by atoms with van der Waals surface area (Å²) in [6.07, 6.45) is 7.33. The smallest absolute Gasteiger partial charge is 0.143 e. The van der Waals surface area contributed by atoms with Crippen molar-refractivity contribution in [1.29, 1.82) is 0 Å². The van der Waals surface area contributed by atoms with Crippen molar-refractivity contribution in [3.8, 4) is 44.5 Å². The molecule has 7 aromatic rings. The average Bonchev–Trinajstić information content (AvgIpc) is 3.37. The van der Waals surface area contributed by atoms with Crippen LogP contribution < -0.4 is 0 Å². The highest BCUT2D eigenvalue weighted by molar-refractivity contribution is 6.13. The summed E-state index contributed by atoms with van der Waals surface area (Å²) in [5.74, 6) is 0. The van der Waals surface area contributed by atoms with Gasteiger partial charge >= 0.3 is 0 Å². The summed E-state index contributed by atoms with van der Waals surface area (Å²) in [7, 11) is 0. The van der Waals surface area contributed by atoms with Crippen LogP contribution in [0.4, 0.5) is 0 Å². The molecule has 3 nitrogen and oxygen atoms in total. The van der Waals surface area contributed by atoms with Crippen LogP contribution in [0.25, 0.3) is 66.4 Å². The van der Waals surface area contributed by atoms with Crippen LogP contribution in [0.15, 0.2) is 138 Å². The van der Waals surface area contributed by atoms with Gasteiger partial charge in [0.1, 0.15) is 11.2 Å². The largest absolute Gasteiger partial charge is 0.455 e. The normalized spacial score (nSPS) is 11.2. The predicted molar refractivity (Wildman–Crippen MR) is 151 cm³/mol. The van der Waals surface area contributed by atoms with E-state index in [2.05, 4.69) is 88.8 Å². The number of rotatable bonds is 4. The summed E-state index contributed by atoms with van der Waals surface area (Å²) < 4.78 is 6.69. The predicted octanol–water partition coefficient (Wildman–Crippen LogP) is 9.04. The molecule has 174 valence electrons. The molecular formula is C34H22N2O. The van der Waals surface area contributed by atoms with Crippen molar-refractivity contribution in [3.05, 3.63) is 134 Å².